The van der Waals surface area contributed by atoms with Crippen LogP contribution < -0.4 is 0 Å². The van der Waals surface area contributed by atoms with E-state index in [1.807, 2.05) is 30.1 Å². The maximum atomic E-state index is 12.6. The van der Waals surface area contributed by atoms with E-state index in [0.717, 1.165) is 31.5 Å². The number of rotatable bonds is 2. The van der Waals surface area contributed by atoms with E-state index in [9.17, 15) is 4.79 Å². The molecule has 0 atom stereocenters. The number of carbonyl (C=O) groups is 1. The van der Waals surface area contributed by atoms with Crippen LogP contribution in [0.1, 0.15) is 28.8 Å². The summed E-state index contributed by atoms with van der Waals surface area (Å²) in [6.45, 7) is 1.89. The zero-order valence-corrected chi connectivity index (χ0v) is 12.7. The summed E-state index contributed by atoms with van der Waals surface area (Å²) in [6.07, 6.45) is 2.03. The standard InChI is InChI=1S/C17H22N2O2/c1-18-10-8-16(9-11-18)19(2)17(21)15-7-3-5-14(13-15)6-4-12-20/h3,5,7,13,16,20H,8-12H2,1-2H3. The van der Waals surface area contributed by atoms with Gasteiger partial charge < -0.3 is 14.9 Å². The third-order valence-electron chi connectivity index (χ3n) is 3.98. The Morgan fingerprint density at radius 1 is 1.43 bits per heavy atom. The summed E-state index contributed by atoms with van der Waals surface area (Å²) in [5.41, 5.74) is 1.41. The first-order valence-corrected chi connectivity index (χ1v) is 7.27. The average molecular weight is 286 g/mol. The van der Waals surface area contributed by atoms with E-state index in [1.165, 1.54) is 0 Å². The van der Waals surface area contributed by atoms with Crippen molar-refractivity contribution in [1.82, 2.24) is 9.80 Å². The van der Waals surface area contributed by atoms with E-state index in [2.05, 4.69) is 23.8 Å². The molecule has 2 rings (SSSR count). The fourth-order valence-corrected chi connectivity index (χ4v) is 2.62. The molecule has 0 aromatic heterocycles. The van der Waals surface area contributed by atoms with Crippen LogP contribution in [0.25, 0.3) is 0 Å². The fourth-order valence-electron chi connectivity index (χ4n) is 2.62. The minimum Gasteiger partial charge on any atom is -0.384 e. The number of aliphatic hydroxyl groups is 1. The van der Waals surface area contributed by atoms with Gasteiger partial charge in [-0.1, -0.05) is 17.9 Å². The molecule has 1 aliphatic heterocycles. The molecule has 0 saturated carbocycles. The van der Waals surface area contributed by atoms with Gasteiger partial charge in [-0.25, -0.2) is 0 Å². The zero-order valence-electron chi connectivity index (χ0n) is 12.7. The van der Waals surface area contributed by atoms with Gasteiger partial charge in [-0.05, 0) is 51.2 Å². The van der Waals surface area contributed by atoms with Crippen LogP contribution in [0.2, 0.25) is 0 Å². The second-order valence-corrected chi connectivity index (χ2v) is 5.49. The third kappa shape index (κ3) is 4.07. The van der Waals surface area contributed by atoms with E-state index < -0.39 is 0 Å². The monoisotopic (exact) mass is 286 g/mol. The summed E-state index contributed by atoms with van der Waals surface area (Å²) in [6, 6.07) is 7.58. The van der Waals surface area contributed by atoms with Crippen LogP contribution in [0.5, 0.6) is 0 Å². The quantitative estimate of drug-likeness (QED) is 0.831. The highest BCUT2D eigenvalue weighted by atomic mass is 16.2. The first-order chi connectivity index (χ1) is 10.1. The average Bonchev–Trinajstić information content (AvgIpc) is 2.52. The normalized spacial score (nSPS) is 16.1. The maximum Gasteiger partial charge on any atom is 0.253 e. The van der Waals surface area contributed by atoms with Gasteiger partial charge in [0.1, 0.15) is 6.61 Å². The molecule has 1 aliphatic rings. The Bertz CT molecular complexity index is 551. The van der Waals surface area contributed by atoms with Gasteiger partial charge in [-0.3, -0.25) is 4.79 Å². The van der Waals surface area contributed by atoms with Gasteiger partial charge in [0.25, 0.3) is 5.91 Å². The van der Waals surface area contributed by atoms with Gasteiger partial charge in [0.05, 0.1) is 0 Å². The largest absolute Gasteiger partial charge is 0.384 e. The van der Waals surface area contributed by atoms with E-state index >= 15 is 0 Å². The molecular formula is C17H22N2O2. The Hall–Kier alpha value is -1.83. The van der Waals surface area contributed by atoms with Crippen LogP contribution in [0.15, 0.2) is 24.3 Å². The van der Waals surface area contributed by atoms with Crippen LogP contribution in [-0.4, -0.2) is 60.6 Å². The van der Waals surface area contributed by atoms with Crippen molar-refractivity contribution in [2.45, 2.75) is 18.9 Å². The highest BCUT2D eigenvalue weighted by Gasteiger charge is 2.24. The molecule has 1 fully saturated rings. The molecule has 4 heteroatoms. The van der Waals surface area contributed by atoms with Crippen LogP contribution >= 0.6 is 0 Å². The fraction of sp³-hybridized carbons (Fsp3) is 0.471. The lowest BCUT2D eigenvalue weighted by molar-refractivity contribution is 0.0659. The van der Waals surface area contributed by atoms with Crippen molar-refractivity contribution >= 4 is 5.91 Å². The molecule has 112 valence electrons. The van der Waals surface area contributed by atoms with Crippen molar-refractivity contribution in [1.29, 1.82) is 0 Å². The number of benzene rings is 1. The molecule has 1 aromatic carbocycles. The van der Waals surface area contributed by atoms with E-state index in [1.54, 1.807) is 6.07 Å². The highest BCUT2D eigenvalue weighted by Crippen LogP contribution is 2.17. The highest BCUT2D eigenvalue weighted by molar-refractivity contribution is 5.94. The molecule has 0 aliphatic carbocycles. The topological polar surface area (TPSA) is 43.8 Å². The number of aliphatic hydroxyl groups excluding tert-OH is 1. The Balaban J connectivity index is 2.08. The van der Waals surface area contributed by atoms with Gasteiger partial charge in [0.2, 0.25) is 0 Å². The summed E-state index contributed by atoms with van der Waals surface area (Å²) in [5, 5.41) is 8.73. The molecule has 1 N–H and O–H groups in total. The number of carbonyl (C=O) groups excluding carboxylic acids is 1. The van der Waals surface area contributed by atoms with E-state index in [0.29, 0.717) is 11.6 Å². The van der Waals surface area contributed by atoms with Crippen molar-refractivity contribution in [2.24, 2.45) is 0 Å². The van der Waals surface area contributed by atoms with E-state index in [-0.39, 0.29) is 12.5 Å². The Labute approximate surface area is 126 Å². The summed E-state index contributed by atoms with van der Waals surface area (Å²) < 4.78 is 0. The molecule has 1 saturated heterocycles. The smallest absolute Gasteiger partial charge is 0.253 e. The molecule has 4 nitrogen and oxygen atoms in total. The molecule has 0 radical (unpaired) electrons. The molecule has 0 unspecified atom stereocenters. The number of piperidine rings is 1. The van der Waals surface area contributed by atoms with Crippen molar-refractivity contribution in [3.05, 3.63) is 35.4 Å². The lowest BCUT2D eigenvalue weighted by Crippen LogP contribution is -2.44. The predicted octanol–water partition coefficient (Wildman–Crippen LogP) is 1.20. The number of likely N-dealkylation sites (tertiary alicyclic amines) is 1. The maximum absolute atomic E-state index is 12.6. The minimum atomic E-state index is -0.173. The molecule has 0 bridgehead atoms. The van der Waals surface area contributed by atoms with Crippen molar-refractivity contribution in [2.75, 3.05) is 33.8 Å². The third-order valence-corrected chi connectivity index (χ3v) is 3.98. The molecule has 1 aromatic rings. The Morgan fingerprint density at radius 3 is 2.81 bits per heavy atom. The summed E-state index contributed by atoms with van der Waals surface area (Å²) >= 11 is 0. The van der Waals surface area contributed by atoms with Crippen LogP contribution in [0.3, 0.4) is 0 Å². The first-order valence-electron chi connectivity index (χ1n) is 7.27. The zero-order chi connectivity index (χ0) is 15.2. The van der Waals surface area contributed by atoms with Crippen LogP contribution in [0.4, 0.5) is 0 Å². The van der Waals surface area contributed by atoms with Crippen molar-refractivity contribution in [3.8, 4) is 11.8 Å². The lowest BCUT2D eigenvalue weighted by atomic mass is 10.0. The summed E-state index contributed by atoms with van der Waals surface area (Å²) in [5.74, 6) is 5.48. The summed E-state index contributed by atoms with van der Waals surface area (Å²) in [7, 11) is 3.99. The minimum absolute atomic E-state index is 0.0391. The molecule has 1 heterocycles. The van der Waals surface area contributed by atoms with E-state index in [4.69, 9.17) is 5.11 Å². The predicted molar refractivity (Wildman–Crippen MR) is 83.0 cm³/mol. The Morgan fingerprint density at radius 2 is 2.14 bits per heavy atom. The SMILES string of the molecule is CN1CCC(N(C)C(=O)c2cccc(C#CCO)c2)CC1. The number of amides is 1. The van der Waals surface area contributed by atoms with Crippen LogP contribution in [-0.2, 0) is 0 Å². The van der Waals surface area contributed by atoms with Crippen molar-refractivity contribution in [3.63, 3.8) is 0 Å². The molecule has 0 spiro atoms. The van der Waals surface area contributed by atoms with Gasteiger partial charge in [0.15, 0.2) is 0 Å². The number of nitrogens with zero attached hydrogens (tertiary/aromatic N) is 2. The lowest BCUT2D eigenvalue weighted by Gasteiger charge is -2.35. The van der Waals surface area contributed by atoms with Gasteiger partial charge in [-0.2, -0.15) is 0 Å². The summed E-state index contributed by atoms with van der Waals surface area (Å²) in [4.78, 5) is 16.7. The molecular weight excluding hydrogens is 264 g/mol. The van der Waals surface area contributed by atoms with Crippen molar-refractivity contribution < 1.29 is 9.90 Å². The number of hydrogen-bond acceptors (Lipinski definition) is 3. The first kappa shape index (κ1) is 15.6. The number of hydrogen-bond donors (Lipinski definition) is 1. The Kier molecular flexibility index (Phi) is 5.38. The van der Waals surface area contributed by atoms with Gasteiger partial charge in [-0.15, -0.1) is 0 Å². The van der Waals surface area contributed by atoms with Gasteiger partial charge >= 0.3 is 0 Å². The van der Waals surface area contributed by atoms with Crippen LogP contribution in [0, 0.1) is 11.8 Å². The van der Waals surface area contributed by atoms with Gasteiger partial charge in [0, 0.05) is 24.2 Å². The second-order valence-electron chi connectivity index (χ2n) is 5.49. The molecule has 21 heavy (non-hydrogen) atoms. The molecule has 1 amide bonds. The second kappa shape index (κ2) is 7.26.